The summed E-state index contributed by atoms with van der Waals surface area (Å²) in [5.41, 5.74) is 3.90. The molecule has 1 aliphatic heterocycles. The number of pyridine rings is 1. The first-order valence-electron chi connectivity index (χ1n) is 9.20. The summed E-state index contributed by atoms with van der Waals surface area (Å²) in [4.78, 5) is 6.85. The van der Waals surface area contributed by atoms with Gasteiger partial charge in [-0.05, 0) is 51.3 Å². The summed E-state index contributed by atoms with van der Waals surface area (Å²) < 4.78 is 5.68. The van der Waals surface area contributed by atoms with Gasteiger partial charge in [0.05, 0.1) is 6.61 Å². The Labute approximate surface area is 148 Å². The lowest BCUT2D eigenvalue weighted by molar-refractivity contribution is 0.254. The van der Waals surface area contributed by atoms with E-state index in [9.17, 15) is 0 Å². The molecule has 2 heterocycles. The Morgan fingerprint density at radius 2 is 2.00 bits per heavy atom. The highest BCUT2D eigenvalue weighted by atomic mass is 16.5. The van der Waals surface area contributed by atoms with Gasteiger partial charge in [-0.25, -0.2) is 4.98 Å². The molecule has 0 saturated carbocycles. The molecule has 24 heavy (non-hydrogen) atoms. The third-order valence-electron chi connectivity index (χ3n) is 3.97. The van der Waals surface area contributed by atoms with Gasteiger partial charge in [0.15, 0.2) is 0 Å². The molecule has 1 aromatic heterocycles. The van der Waals surface area contributed by atoms with E-state index in [1.54, 1.807) is 0 Å². The predicted octanol–water partition coefficient (Wildman–Crippen LogP) is 5.17. The minimum atomic E-state index is 0.737. The van der Waals surface area contributed by atoms with Crippen LogP contribution >= 0.6 is 0 Å². The molecule has 0 atom stereocenters. The fourth-order valence-corrected chi connectivity index (χ4v) is 2.58. The maximum atomic E-state index is 5.68. The Morgan fingerprint density at radius 3 is 2.67 bits per heavy atom. The summed E-state index contributed by atoms with van der Waals surface area (Å²) >= 11 is 0. The van der Waals surface area contributed by atoms with Gasteiger partial charge in [-0.3, -0.25) is 4.90 Å². The fraction of sp³-hybridized carbons (Fsp3) is 0.571. The molecule has 0 radical (unpaired) electrons. The number of hydrogen-bond acceptors (Lipinski definition) is 3. The van der Waals surface area contributed by atoms with Crippen molar-refractivity contribution in [3.05, 3.63) is 47.7 Å². The van der Waals surface area contributed by atoms with E-state index in [2.05, 4.69) is 37.2 Å². The smallest absolute Gasteiger partial charge is 0.213 e. The third-order valence-corrected chi connectivity index (χ3v) is 3.97. The van der Waals surface area contributed by atoms with E-state index in [0.29, 0.717) is 0 Å². The van der Waals surface area contributed by atoms with Crippen LogP contribution in [0.25, 0.3) is 0 Å². The molecule has 0 bridgehead atoms. The monoisotopic (exact) mass is 330 g/mol. The molecule has 1 aromatic rings. The van der Waals surface area contributed by atoms with Gasteiger partial charge < -0.3 is 4.74 Å². The molecule has 0 spiro atoms. The number of aromatic nitrogens is 1. The fourth-order valence-electron chi connectivity index (χ4n) is 2.58. The highest BCUT2D eigenvalue weighted by Crippen LogP contribution is 2.18. The third kappa shape index (κ3) is 7.78. The Hall–Kier alpha value is -1.61. The van der Waals surface area contributed by atoms with Gasteiger partial charge in [0.2, 0.25) is 5.88 Å². The molecule has 0 amide bonds. The molecular formula is C21H34N2O. The van der Waals surface area contributed by atoms with E-state index in [1.165, 1.54) is 30.5 Å². The SMILES string of the molecule is C=CC1=C(C)CCN(CCCCOc2cccc(C)n2)C1.CCC. The zero-order chi connectivity index (χ0) is 17.8. The normalized spacial score (nSPS) is 14.8. The Kier molecular flexibility index (Phi) is 10.1. The van der Waals surface area contributed by atoms with Gasteiger partial charge in [-0.1, -0.05) is 44.6 Å². The van der Waals surface area contributed by atoms with Crippen LogP contribution in [0.3, 0.4) is 0 Å². The van der Waals surface area contributed by atoms with Gasteiger partial charge in [-0.2, -0.15) is 0 Å². The summed E-state index contributed by atoms with van der Waals surface area (Å²) in [5, 5.41) is 0. The maximum Gasteiger partial charge on any atom is 0.213 e. The molecule has 3 heteroatoms. The molecule has 1 aliphatic rings. The van der Waals surface area contributed by atoms with Crippen molar-refractivity contribution in [2.45, 2.75) is 53.4 Å². The van der Waals surface area contributed by atoms with E-state index in [1.807, 2.05) is 31.2 Å². The van der Waals surface area contributed by atoms with E-state index in [4.69, 9.17) is 4.74 Å². The molecule has 2 rings (SSSR count). The molecule has 0 N–H and O–H groups in total. The van der Waals surface area contributed by atoms with E-state index in [-0.39, 0.29) is 0 Å². The molecule has 0 aromatic carbocycles. The summed E-state index contributed by atoms with van der Waals surface area (Å²) in [6, 6.07) is 5.88. The van der Waals surface area contributed by atoms with E-state index >= 15 is 0 Å². The van der Waals surface area contributed by atoms with Crippen LogP contribution in [-0.4, -0.2) is 36.1 Å². The van der Waals surface area contributed by atoms with Gasteiger partial charge in [0.1, 0.15) is 0 Å². The van der Waals surface area contributed by atoms with Crippen LogP contribution in [0.2, 0.25) is 0 Å². The summed E-state index contributed by atoms with van der Waals surface area (Å²) in [6.45, 7) is 16.5. The maximum absolute atomic E-state index is 5.68. The van der Waals surface area contributed by atoms with Crippen LogP contribution in [0.4, 0.5) is 0 Å². The standard InChI is InChI=1S/C18H26N2O.C3H8/c1-4-17-14-20(12-10-15(17)2)11-5-6-13-21-18-9-7-8-16(3)19-18;1-3-2/h4,7-9H,1,5-6,10-14H2,2-3H3;3H2,1-2H3. The molecule has 0 aliphatic carbocycles. The number of aryl methyl sites for hydroxylation is 1. The van der Waals surface area contributed by atoms with Gasteiger partial charge >= 0.3 is 0 Å². The van der Waals surface area contributed by atoms with Gasteiger partial charge in [-0.15, -0.1) is 0 Å². The van der Waals surface area contributed by atoms with Crippen molar-refractivity contribution >= 4 is 0 Å². The second-order valence-corrected chi connectivity index (χ2v) is 6.42. The molecule has 0 fully saturated rings. The van der Waals surface area contributed by atoms with Crippen LogP contribution in [-0.2, 0) is 0 Å². The molecule has 0 unspecified atom stereocenters. The zero-order valence-corrected chi connectivity index (χ0v) is 16.0. The van der Waals surface area contributed by atoms with Crippen LogP contribution in [0.5, 0.6) is 5.88 Å². The summed E-state index contributed by atoms with van der Waals surface area (Å²) in [5.74, 6) is 0.737. The number of rotatable bonds is 7. The average Bonchev–Trinajstić information content (AvgIpc) is 2.57. The Morgan fingerprint density at radius 1 is 1.25 bits per heavy atom. The second-order valence-electron chi connectivity index (χ2n) is 6.42. The van der Waals surface area contributed by atoms with E-state index < -0.39 is 0 Å². The van der Waals surface area contributed by atoms with Crippen molar-refractivity contribution in [2.24, 2.45) is 0 Å². The van der Waals surface area contributed by atoms with Crippen LogP contribution in [0.15, 0.2) is 42.0 Å². The quantitative estimate of drug-likeness (QED) is 0.645. The predicted molar refractivity (Wildman–Crippen MR) is 104 cm³/mol. The Bertz CT molecular complexity index is 522. The van der Waals surface area contributed by atoms with Crippen LogP contribution in [0, 0.1) is 6.92 Å². The Balaban J connectivity index is 0.000000891. The largest absolute Gasteiger partial charge is 0.478 e. The molecule has 0 saturated heterocycles. The van der Waals surface area contributed by atoms with Crippen molar-refractivity contribution in [2.75, 3.05) is 26.2 Å². The average molecular weight is 331 g/mol. The van der Waals surface area contributed by atoms with Crippen LogP contribution in [0.1, 0.15) is 52.1 Å². The lowest BCUT2D eigenvalue weighted by atomic mass is 10.0. The summed E-state index contributed by atoms with van der Waals surface area (Å²) in [7, 11) is 0. The highest BCUT2D eigenvalue weighted by Gasteiger charge is 2.13. The lowest BCUT2D eigenvalue weighted by Gasteiger charge is -2.28. The number of nitrogens with zero attached hydrogens (tertiary/aromatic N) is 2. The number of unbranched alkanes of at least 4 members (excludes halogenated alkanes) is 1. The zero-order valence-electron chi connectivity index (χ0n) is 16.0. The van der Waals surface area contributed by atoms with Gasteiger partial charge in [0.25, 0.3) is 0 Å². The molecular weight excluding hydrogens is 296 g/mol. The first-order chi connectivity index (χ1) is 11.6. The summed E-state index contributed by atoms with van der Waals surface area (Å²) in [6.07, 6.45) is 6.66. The van der Waals surface area contributed by atoms with Crippen molar-refractivity contribution in [3.8, 4) is 5.88 Å². The van der Waals surface area contributed by atoms with Crippen LogP contribution < -0.4 is 4.74 Å². The lowest BCUT2D eigenvalue weighted by Crippen LogP contribution is -2.32. The van der Waals surface area contributed by atoms with Crippen molar-refractivity contribution in [1.29, 1.82) is 0 Å². The van der Waals surface area contributed by atoms with Crippen molar-refractivity contribution < 1.29 is 4.74 Å². The minimum Gasteiger partial charge on any atom is -0.478 e. The second kappa shape index (κ2) is 11.9. The van der Waals surface area contributed by atoms with Gasteiger partial charge in [0, 0.05) is 24.8 Å². The highest BCUT2D eigenvalue weighted by molar-refractivity contribution is 5.26. The van der Waals surface area contributed by atoms with Crippen molar-refractivity contribution in [3.63, 3.8) is 0 Å². The first kappa shape index (κ1) is 20.4. The van der Waals surface area contributed by atoms with E-state index in [0.717, 1.165) is 44.1 Å². The number of hydrogen-bond donors (Lipinski definition) is 0. The molecule has 3 nitrogen and oxygen atoms in total. The number of ether oxygens (including phenoxy) is 1. The molecule has 134 valence electrons. The minimum absolute atomic E-state index is 0.737. The topological polar surface area (TPSA) is 25.4 Å². The van der Waals surface area contributed by atoms with Crippen molar-refractivity contribution in [1.82, 2.24) is 9.88 Å². The first-order valence-corrected chi connectivity index (χ1v) is 9.20.